The third-order valence-electron chi connectivity index (χ3n) is 2.76. The van der Waals surface area contributed by atoms with Gasteiger partial charge < -0.3 is 5.32 Å². The second-order valence-electron chi connectivity index (χ2n) is 4.73. The van der Waals surface area contributed by atoms with E-state index in [4.69, 9.17) is 11.6 Å². The molecule has 106 valence electrons. The van der Waals surface area contributed by atoms with Crippen molar-refractivity contribution in [2.24, 2.45) is 0 Å². The zero-order valence-corrected chi connectivity index (χ0v) is 11.6. The Bertz CT molecular complexity index is 616. The second kappa shape index (κ2) is 5.20. The first-order valence-corrected chi connectivity index (χ1v) is 6.33. The quantitative estimate of drug-likeness (QED) is 0.861. The number of Topliss-reactive ketones (excluding diaryl/α,β-unsaturated/α-hetero) is 1. The monoisotopic (exact) mass is 298 g/mol. The average Bonchev–Trinajstić information content (AvgIpc) is 2.55. The predicted molar refractivity (Wildman–Crippen MR) is 71.4 cm³/mol. The van der Waals surface area contributed by atoms with Crippen molar-refractivity contribution in [3.8, 4) is 0 Å². The molecule has 0 bridgehead atoms. The number of ketones is 1. The molecule has 0 aromatic heterocycles. The van der Waals surface area contributed by atoms with Gasteiger partial charge in [-0.25, -0.2) is 4.39 Å². The summed E-state index contributed by atoms with van der Waals surface area (Å²) in [6, 6.07) is 1.99. The van der Waals surface area contributed by atoms with Gasteiger partial charge in [-0.15, -0.1) is 0 Å². The number of hydrogen-bond acceptors (Lipinski definition) is 3. The number of fused-ring (bicyclic) bond motifs is 1. The predicted octanol–water partition coefficient (Wildman–Crippen LogP) is 1.53. The summed E-state index contributed by atoms with van der Waals surface area (Å²) >= 11 is 5.59. The first-order valence-electron chi connectivity index (χ1n) is 5.96. The molecule has 1 aliphatic heterocycles. The van der Waals surface area contributed by atoms with E-state index in [1.165, 1.54) is 0 Å². The van der Waals surface area contributed by atoms with Crippen LogP contribution in [0.5, 0.6) is 0 Å². The van der Waals surface area contributed by atoms with Gasteiger partial charge in [0.1, 0.15) is 12.4 Å². The van der Waals surface area contributed by atoms with Crippen LogP contribution in [0.15, 0.2) is 12.1 Å². The zero-order chi connectivity index (χ0) is 15.0. The highest BCUT2D eigenvalue weighted by molar-refractivity contribution is 6.53. The first-order chi connectivity index (χ1) is 9.31. The van der Waals surface area contributed by atoms with Crippen LogP contribution in [0.3, 0.4) is 0 Å². The maximum absolute atomic E-state index is 13.5. The van der Waals surface area contributed by atoms with Crippen LogP contribution in [0.25, 0.3) is 0 Å². The molecular weight excluding hydrogens is 287 g/mol. The Morgan fingerprint density at radius 3 is 2.65 bits per heavy atom. The molecule has 1 N–H and O–H groups in total. The van der Waals surface area contributed by atoms with Crippen LogP contribution in [0.2, 0.25) is 5.02 Å². The number of carbonyl (C=O) groups excluding carboxylic acids is 3. The van der Waals surface area contributed by atoms with Gasteiger partial charge in [0, 0.05) is 6.04 Å². The Hall–Kier alpha value is -1.95. The number of halogens is 2. The molecule has 0 atom stereocenters. The number of carbonyl (C=O) groups is 3. The van der Waals surface area contributed by atoms with Crippen LogP contribution in [0, 0.1) is 5.82 Å². The molecule has 0 radical (unpaired) electrons. The summed E-state index contributed by atoms with van der Waals surface area (Å²) in [5, 5.41) is 2.36. The van der Waals surface area contributed by atoms with E-state index in [0.717, 1.165) is 17.0 Å². The lowest BCUT2D eigenvalue weighted by Gasteiger charge is -2.17. The molecule has 0 saturated heterocycles. The summed E-state index contributed by atoms with van der Waals surface area (Å²) in [7, 11) is 0. The van der Waals surface area contributed by atoms with E-state index < -0.39 is 23.4 Å². The molecule has 0 aliphatic carbocycles. The highest BCUT2D eigenvalue weighted by atomic mass is 35.5. The van der Waals surface area contributed by atoms with E-state index in [0.29, 0.717) is 0 Å². The van der Waals surface area contributed by atoms with E-state index >= 15 is 0 Å². The van der Waals surface area contributed by atoms with Crippen molar-refractivity contribution in [1.82, 2.24) is 5.32 Å². The van der Waals surface area contributed by atoms with E-state index in [-0.39, 0.29) is 28.9 Å². The van der Waals surface area contributed by atoms with Crippen LogP contribution in [0.1, 0.15) is 24.2 Å². The maximum Gasteiger partial charge on any atom is 0.299 e. The largest absolute Gasteiger partial charge is 0.352 e. The standard InChI is InChI=1S/C13H12ClFN2O3/c1-6(2)16-11(18)5-17-10-4-9(15)8(14)3-7(10)12(19)13(17)20/h3-4,6H,5H2,1-2H3,(H,16,18). The molecule has 5 nitrogen and oxygen atoms in total. The van der Waals surface area contributed by atoms with Crippen LogP contribution in [0.4, 0.5) is 10.1 Å². The van der Waals surface area contributed by atoms with Crippen LogP contribution in [-0.2, 0) is 9.59 Å². The minimum Gasteiger partial charge on any atom is -0.352 e. The van der Waals surface area contributed by atoms with Gasteiger partial charge in [-0.3, -0.25) is 19.3 Å². The number of nitrogens with one attached hydrogen (secondary N) is 1. The Kier molecular flexibility index (Phi) is 3.76. The maximum atomic E-state index is 13.5. The summed E-state index contributed by atoms with van der Waals surface area (Å²) in [5.74, 6) is -2.83. The normalized spacial score (nSPS) is 13.9. The molecule has 0 spiro atoms. The first kappa shape index (κ1) is 14.5. The van der Waals surface area contributed by atoms with Crippen molar-refractivity contribution in [2.45, 2.75) is 19.9 Å². The van der Waals surface area contributed by atoms with Crippen LogP contribution < -0.4 is 10.2 Å². The van der Waals surface area contributed by atoms with Crippen molar-refractivity contribution in [3.63, 3.8) is 0 Å². The zero-order valence-electron chi connectivity index (χ0n) is 10.9. The Morgan fingerprint density at radius 1 is 1.40 bits per heavy atom. The molecule has 0 saturated carbocycles. The number of hydrogen-bond donors (Lipinski definition) is 1. The number of rotatable bonds is 3. The van der Waals surface area contributed by atoms with Gasteiger partial charge in [0.2, 0.25) is 5.91 Å². The molecule has 2 amide bonds. The van der Waals surface area contributed by atoms with Crippen molar-refractivity contribution < 1.29 is 18.8 Å². The van der Waals surface area contributed by atoms with E-state index in [9.17, 15) is 18.8 Å². The molecule has 1 aliphatic rings. The minimum absolute atomic E-state index is 0.0127. The summed E-state index contributed by atoms with van der Waals surface area (Å²) < 4.78 is 13.5. The van der Waals surface area contributed by atoms with Gasteiger partial charge in [0.25, 0.3) is 11.7 Å². The summed E-state index contributed by atoms with van der Waals surface area (Å²) in [6.45, 7) is 3.20. The minimum atomic E-state index is -0.861. The number of nitrogens with zero attached hydrogens (tertiary/aromatic N) is 1. The van der Waals surface area contributed by atoms with Crippen LogP contribution >= 0.6 is 11.6 Å². The van der Waals surface area contributed by atoms with Crippen molar-refractivity contribution in [2.75, 3.05) is 11.4 Å². The summed E-state index contributed by atoms with van der Waals surface area (Å²) in [5.41, 5.74) is 0.0829. The van der Waals surface area contributed by atoms with Crippen LogP contribution in [-0.4, -0.2) is 30.2 Å². The van der Waals surface area contributed by atoms with E-state index in [2.05, 4.69) is 5.32 Å². The average molecular weight is 299 g/mol. The van der Waals surface area contributed by atoms with Gasteiger partial charge in [-0.2, -0.15) is 0 Å². The number of amides is 2. The van der Waals surface area contributed by atoms with Gasteiger partial charge in [0.15, 0.2) is 0 Å². The molecular formula is C13H12ClFN2O3. The third-order valence-corrected chi connectivity index (χ3v) is 3.05. The highest BCUT2D eigenvalue weighted by Gasteiger charge is 2.37. The Balaban J connectivity index is 2.33. The molecule has 1 heterocycles. The summed E-state index contributed by atoms with van der Waals surface area (Å²) in [4.78, 5) is 36.2. The fourth-order valence-electron chi connectivity index (χ4n) is 1.96. The molecule has 2 rings (SSSR count). The van der Waals surface area contributed by atoms with Gasteiger partial charge in [0.05, 0.1) is 16.3 Å². The SMILES string of the molecule is CC(C)NC(=O)CN1C(=O)C(=O)c2cc(Cl)c(F)cc21. The van der Waals surface area contributed by atoms with Crippen molar-refractivity contribution in [3.05, 3.63) is 28.5 Å². The fraction of sp³-hybridized carbons (Fsp3) is 0.308. The molecule has 7 heteroatoms. The summed E-state index contributed by atoms with van der Waals surface area (Å²) in [6.07, 6.45) is 0. The lowest BCUT2D eigenvalue weighted by atomic mass is 10.1. The highest BCUT2D eigenvalue weighted by Crippen LogP contribution is 2.32. The molecule has 1 aromatic carbocycles. The molecule has 0 unspecified atom stereocenters. The van der Waals surface area contributed by atoms with Crippen molar-refractivity contribution >= 4 is 34.9 Å². The second-order valence-corrected chi connectivity index (χ2v) is 5.13. The molecule has 0 fully saturated rings. The Morgan fingerprint density at radius 2 is 2.05 bits per heavy atom. The molecule has 20 heavy (non-hydrogen) atoms. The smallest absolute Gasteiger partial charge is 0.299 e. The fourth-order valence-corrected chi connectivity index (χ4v) is 2.12. The van der Waals surface area contributed by atoms with Gasteiger partial charge in [-0.05, 0) is 26.0 Å². The number of benzene rings is 1. The lowest BCUT2D eigenvalue weighted by Crippen LogP contribution is -2.42. The van der Waals surface area contributed by atoms with E-state index in [1.54, 1.807) is 13.8 Å². The van der Waals surface area contributed by atoms with Gasteiger partial charge in [-0.1, -0.05) is 11.6 Å². The Labute approximate surface area is 119 Å². The topological polar surface area (TPSA) is 66.5 Å². The third kappa shape index (κ3) is 2.51. The number of anilines is 1. The van der Waals surface area contributed by atoms with Gasteiger partial charge >= 0.3 is 0 Å². The lowest BCUT2D eigenvalue weighted by molar-refractivity contribution is -0.122. The molecule has 1 aromatic rings. The van der Waals surface area contributed by atoms with Crippen molar-refractivity contribution in [1.29, 1.82) is 0 Å². The van der Waals surface area contributed by atoms with E-state index in [1.807, 2.05) is 0 Å².